The molecule has 0 radical (unpaired) electrons. The predicted octanol–water partition coefficient (Wildman–Crippen LogP) is 1.11. The topological polar surface area (TPSA) is 96.5 Å². The first kappa shape index (κ1) is 12.8. The highest BCUT2D eigenvalue weighted by Gasteiger charge is 2.33. The molecular formula is C11H15N3O3S. The van der Waals surface area contributed by atoms with Gasteiger partial charge in [-0.1, -0.05) is 11.3 Å². The Morgan fingerprint density at radius 1 is 1.50 bits per heavy atom. The summed E-state index contributed by atoms with van der Waals surface area (Å²) in [6, 6.07) is -0.728. The summed E-state index contributed by atoms with van der Waals surface area (Å²) in [5.41, 5.74) is 6.13. The van der Waals surface area contributed by atoms with Gasteiger partial charge < -0.3 is 15.7 Å². The van der Waals surface area contributed by atoms with Crippen molar-refractivity contribution in [2.75, 3.05) is 12.3 Å². The van der Waals surface area contributed by atoms with Gasteiger partial charge in [0.25, 0.3) is 5.91 Å². The van der Waals surface area contributed by atoms with E-state index in [1.165, 1.54) is 4.90 Å². The van der Waals surface area contributed by atoms with E-state index in [9.17, 15) is 9.59 Å². The maximum Gasteiger partial charge on any atom is 0.326 e. The molecule has 1 amide bonds. The van der Waals surface area contributed by atoms with Crippen molar-refractivity contribution in [1.82, 2.24) is 9.88 Å². The van der Waals surface area contributed by atoms with Crippen LogP contribution in [0.5, 0.6) is 0 Å². The molecule has 7 heteroatoms. The highest BCUT2D eigenvalue weighted by atomic mass is 32.1. The zero-order chi connectivity index (χ0) is 13.3. The van der Waals surface area contributed by atoms with Crippen LogP contribution in [0.4, 0.5) is 5.13 Å². The molecule has 1 fully saturated rings. The van der Waals surface area contributed by atoms with Crippen LogP contribution in [0.25, 0.3) is 0 Å². The lowest BCUT2D eigenvalue weighted by Crippen LogP contribution is -2.47. The molecule has 1 aromatic heterocycles. The molecule has 3 N–H and O–H groups in total. The van der Waals surface area contributed by atoms with Gasteiger partial charge in [-0.25, -0.2) is 9.78 Å². The van der Waals surface area contributed by atoms with Crippen LogP contribution in [0.3, 0.4) is 0 Å². The number of carboxylic acids is 1. The largest absolute Gasteiger partial charge is 0.480 e. The van der Waals surface area contributed by atoms with E-state index in [0.717, 1.165) is 24.2 Å². The third kappa shape index (κ3) is 2.31. The SMILES string of the molecule is Cc1nc(N)sc1C(=O)N1CCCC[C@H]1C(=O)O. The second kappa shape index (κ2) is 4.93. The van der Waals surface area contributed by atoms with Gasteiger partial charge in [0.2, 0.25) is 0 Å². The summed E-state index contributed by atoms with van der Waals surface area (Å²) in [6.45, 7) is 2.19. The van der Waals surface area contributed by atoms with Crippen molar-refractivity contribution in [3.63, 3.8) is 0 Å². The molecule has 0 unspecified atom stereocenters. The Labute approximate surface area is 108 Å². The van der Waals surface area contributed by atoms with Crippen molar-refractivity contribution in [3.8, 4) is 0 Å². The van der Waals surface area contributed by atoms with Gasteiger partial charge in [0, 0.05) is 6.54 Å². The number of carbonyl (C=O) groups is 2. The maximum absolute atomic E-state index is 12.3. The normalized spacial score (nSPS) is 19.8. The van der Waals surface area contributed by atoms with E-state index in [0.29, 0.717) is 28.7 Å². The fraction of sp³-hybridized carbons (Fsp3) is 0.545. The van der Waals surface area contributed by atoms with Gasteiger partial charge in [0.05, 0.1) is 5.69 Å². The lowest BCUT2D eigenvalue weighted by Gasteiger charge is -2.32. The van der Waals surface area contributed by atoms with Gasteiger partial charge in [0.1, 0.15) is 10.9 Å². The van der Waals surface area contributed by atoms with Crippen molar-refractivity contribution in [3.05, 3.63) is 10.6 Å². The molecule has 1 atom stereocenters. The fourth-order valence-corrected chi connectivity index (χ4v) is 2.97. The number of nitrogens with two attached hydrogens (primary N) is 1. The number of carbonyl (C=O) groups excluding carboxylic acids is 1. The Kier molecular flexibility index (Phi) is 3.51. The number of nitrogens with zero attached hydrogens (tertiary/aromatic N) is 2. The standard InChI is InChI=1S/C11H15N3O3S/c1-6-8(18-11(12)13-6)9(15)14-5-3-2-4-7(14)10(16)17/h7H,2-5H2,1H3,(H2,12,13)(H,16,17)/t7-/m0/s1. The number of carboxylic acid groups (broad SMARTS) is 1. The lowest BCUT2D eigenvalue weighted by atomic mass is 10.0. The van der Waals surface area contributed by atoms with Gasteiger partial charge >= 0.3 is 5.97 Å². The van der Waals surface area contributed by atoms with Gasteiger partial charge in [-0.3, -0.25) is 4.79 Å². The molecule has 1 aliphatic heterocycles. The number of amides is 1. The number of aryl methyl sites for hydroxylation is 1. The van der Waals surface area contributed by atoms with Crippen LogP contribution < -0.4 is 5.73 Å². The second-order valence-electron chi connectivity index (χ2n) is 4.32. The summed E-state index contributed by atoms with van der Waals surface area (Å²) < 4.78 is 0. The number of hydrogen-bond acceptors (Lipinski definition) is 5. The highest BCUT2D eigenvalue weighted by Crippen LogP contribution is 2.25. The average molecular weight is 269 g/mol. The first-order valence-electron chi connectivity index (χ1n) is 5.77. The number of aliphatic carboxylic acids is 1. The van der Waals surface area contributed by atoms with E-state index in [4.69, 9.17) is 10.8 Å². The second-order valence-corrected chi connectivity index (χ2v) is 5.35. The molecule has 18 heavy (non-hydrogen) atoms. The van der Waals surface area contributed by atoms with E-state index in [-0.39, 0.29) is 5.91 Å². The summed E-state index contributed by atoms with van der Waals surface area (Å²) in [6.07, 6.45) is 2.18. The van der Waals surface area contributed by atoms with E-state index < -0.39 is 12.0 Å². The number of likely N-dealkylation sites (tertiary alicyclic amines) is 1. The molecule has 2 heterocycles. The van der Waals surface area contributed by atoms with Crippen LogP contribution in [-0.2, 0) is 4.79 Å². The molecule has 6 nitrogen and oxygen atoms in total. The smallest absolute Gasteiger partial charge is 0.326 e. The van der Waals surface area contributed by atoms with Crippen LogP contribution in [0.1, 0.15) is 34.6 Å². The summed E-state index contributed by atoms with van der Waals surface area (Å²) in [5, 5.41) is 9.48. The zero-order valence-corrected chi connectivity index (χ0v) is 10.9. The van der Waals surface area contributed by atoms with Crippen LogP contribution in [0, 0.1) is 6.92 Å². The number of nitrogen functional groups attached to an aromatic ring is 1. The molecule has 0 aliphatic carbocycles. The van der Waals surface area contributed by atoms with E-state index >= 15 is 0 Å². The Morgan fingerprint density at radius 2 is 2.22 bits per heavy atom. The molecule has 0 aromatic carbocycles. The Morgan fingerprint density at radius 3 is 2.78 bits per heavy atom. The molecule has 1 aromatic rings. The number of thiazole rings is 1. The highest BCUT2D eigenvalue weighted by molar-refractivity contribution is 7.17. The lowest BCUT2D eigenvalue weighted by molar-refractivity contribution is -0.143. The number of anilines is 1. The van der Waals surface area contributed by atoms with Crippen molar-refractivity contribution in [1.29, 1.82) is 0 Å². The number of rotatable bonds is 2. The third-order valence-corrected chi connectivity index (χ3v) is 4.03. The average Bonchev–Trinajstić information content (AvgIpc) is 2.67. The number of aromatic nitrogens is 1. The molecule has 1 aliphatic rings. The Balaban J connectivity index is 2.26. The molecular weight excluding hydrogens is 254 g/mol. The van der Waals surface area contributed by atoms with Crippen LogP contribution in [-0.4, -0.2) is 39.5 Å². The van der Waals surface area contributed by atoms with E-state index in [1.807, 2.05) is 0 Å². The minimum atomic E-state index is -0.946. The monoisotopic (exact) mass is 269 g/mol. The van der Waals surface area contributed by atoms with Gasteiger partial charge in [-0.2, -0.15) is 0 Å². The van der Waals surface area contributed by atoms with Crippen molar-refractivity contribution in [2.45, 2.75) is 32.2 Å². The summed E-state index contributed by atoms with van der Waals surface area (Å²) in [7, 11) is 0. The predicted molar refractivity (Wildman–Crippen MR) is 67.6 cm³/mol. The zero-order valence-electron chi connectivity index (χ0n) is 10.0. The van der Waals surface area contributed by atoms with E-state index in [2.05, 4.69) is 4.98 Å². The van der Waals surface area contributed by atoms with Gasteiger partial charge in [-0.05, 0) is 26.2 Å². The summed E-state index contributed by atoms with van der Waals surface area (Å²) >= 11 is 1.11. The van der Waals surface area contributed by atoms with E-state index in [1.54, 1.807) is 6.92 Å². The maximum atomic E-state index is 12.3. The third-order valence-electron chi connectivity index (χ3n) is 3.06. The Hall–Kier alpha value is -1.63. The minimum Gasteiger partial charge on any atom is -0.480 e. The van der Waals surface area contributed by atoms with Crippen molar-refractivity contribution >= 4 is 28.3 Å². The number of hydrogen-bond donors (Lipinski definition) is 2. The first-order chi connectivity index (χ1) is 8.50. The molecule has 0 spiro atoms. The fourth-order valence-electron chi connectivity index (χ4n) is 2.18. The van der Waals surface area contributed by atoms with Gasteiger partial charge in [0.15, 0.2) is 5.13 Å². The molecule has 0 bridgehead atoms. The molecule has 0 saturated carbocycles. The minimum absolute atomic E-state index is 0.270. The quantitative estimate of drug-likeness (QED) is 0.838. The van der Waals surface area contributed by atoms with Crippen molar-refractivity contribution < 1.29 is 14.7 Å². The first-order valence-corrected chi connectivity index (χ1v) is 6.59. The van der Waals surface area contributed by atoms with Crippen LogP contribution in [0.2, 0.25) is 0 Å². The molecule has 98 valence electrons. The van der Waals surface area contributed by atoms with Gasteiger partial charge in [-0.15, -0.1) is 0 Å². The van der Waals surface area contributed by atoms with Crippen LogP contribution >= 0.6 is 11.3 Å². The van der Waals surface area contributed by atoms with Crippen molar-refractivity contribution in [2.24, 2.45) is 0 Å². The summed E-state index contributed by atoms with van der Waals surface area (Å²) in [4.78, 5) is 29.4. The van der Waals surface area contributed by atoms with Crippen LogP contribution in [0.15, 0.2) is 0 Å². The molecule has 1 saturated heterocycles. The summed E-state index contributed by atoms with van der Waals surface area (Å²) in [5.74, 6) is -1.22. The number of piperidine rings is 1. The Bertz CT molecular complexity index is 486. The molecule has 2 rings (SSSR count).